The molecule has 160 valence electrons. The van der Waals surface area contributed by atoms with Gasteiger partial charge in [-0.15, -0.1) is 0 Å². The van der Waals surface area contributed by atoms with Crippen LogP contribution in [-0.2, 0) is 9.59 Å². The summed E-state index contributed by atoms with van der Waals surface area (Å²) in [5.74, 6) is -2.91. The van der Waals surface area contributed by atoms with Crippen LogP contribution in [0.25, 0.3) is 5.76 Å². The number of nitro groups is 1. The summed E-state index contributed by atoms with van der Waals surface area (Å²) in [5.41, 5.74) is -0.200. The zero-order chi connectivity index (χ0) is 23.0. The van der Waals surface area contributed by atoms with E-state index in [0.717, 1.165) is 11.0 Å². The number of carbonyl (C=O) groups is 2. The molecule has 1 saturated heterocycles. The van der Waals surface area contributed by atoms with Gasteiger partial charge in [0.2, 0.25) is 0 Å². The Morgan fingerprint density at radius 3 is 2.50 bits per heavy atom. The first kappa shape index (κ1) is 21.0. The Bertz CT molecular complexity index is 1290. The molecule has 2 heterocycles. The van der Waals surface area contributed by atoms with E-state index in [0.29, 0.717) is 5.56 Å². The summed E-state index contributed by atoms with van der Waals surface area (Å²) >= 11 is 6.05. The number of benzene rings is 2. The van der Waals surface area contributed by atoms with Gasteiger partial charge in [-0.05, 0) is 35.9 Å². The fraction of sp³-hybridized carbons (Fsp3) is 0.0455. The Morgan fingerprint density at radius 2 is 1.81 bits per heavy atom. The summed E-state index contributed by atoms with van der Waals surface area (Å²) < 4.78 is 0. The Hall–Kier alpha value is -4.24. The van der Waals surface area contributed by atoms with Gasteiger partial charge in [0.25, 0.3) is 17.4 Å². The van der Waals surface area contributed by atoms with Gasteiger partial charge in [0, 0.05) is 35.1 Å². The number of phenols is 1. The molecule has 9 nitrogen and oxygen atoms in total. The second kappa shape index (κ2) is 8.12. The highest BCUT2D eigenvalue weighted by Gasteiger charge is 2.47. The molecule has 2 aromatic carbocycles. The lowest BCUT2D eigenvalue weighted by atomic mass is 9.95. The molecule has 1 aliphatic heterocycles. The predicted molar refractivity (Wildman–Crippen MR) is 115 cm³/mol. The van der Waals surface area contributed by atoms with Crippen LogP contribution in [0.4, 0.5) is 11.4 Å². The molecule has 3 aromatic rings. The molecule has 1 atom stereocenters. The molecule has 2 N–H and O–H groups in total. The topological polar surface area (TPSA) is 134 Å². The maximum Gasteiger partial charge on any atom is 0.300 e. The second-order valence-corrected chi connectivity index (χ2v) is 7.33. The molecule has 1 fully saturated rings. The fourth-order valence-electron chi connectivity index (χ4n) is 3.55. The van der Waals surface area contributed by atoms with Gasteiger partial charge in [0.05, 0.1) is 22.2 Å². The smallest absolute Gasteiger partial charge is 0.300 e. The van der Waals surface area contributed by atoms with E-state index in [1.54, 1.807) is 12.1 Å². The van der Waals surface area contributed by atoms with Crippen molar-refractivity contribution in [1.29, 1.82) is 0 Å². The summed E-state index contributed by atoms with van der Waals surface area (Å²) in [6.07, 6.45) is 2.89. The Morgan fingerprint density at radius 1 is 1.09 bits per heavy atom. The van der Waals surface area contributed by atoms with Crippen LogP contribution in [0.5, 0.6) is 5.75 Å². The number of nitro benzene ring substituents is 1. The Labute approximate surface area is 186 Å². The molecule has 4 rings (SSSR count). The lowest BCUT2D eigenvalue weighted by molar-refractivity contribution is -0.384. The molecule has 1 unspecified atom stereocenters. The summed E-state index contributed by atoms with van der Waals surface area (Å²) in [4.78, 5) is 41.5. The van der Waals surface area contributed by atoms with E-state index in [9.17, 15) is 29.9 Å². The van der Waals surface area contributed by atoms with Crippen LogP contribution in [0.2, 0.25) is 5.02 Å². The molecule has 0 aliphatic carbocycles. The highest BCUT2D eigenvalue weighted by atomic mass is 35.5. The van der Waals surface area contributed by atoms with E-state index in [4.69, 9.17) is 11.6 Å². The molecular weight excluding hydrogens is 438 g/mol. The molecule has 0 spiro atoms. The average molecular weight is 452 g/mol. The lowest BCUT2D eigenvalue weighted by Gasteiger charge is -2.26. The first-order valence-corrected chi connectivity index (χ1v) is 9.61. The number of hydrogen-bond acceptors (Lipinski definition) is 7. The molecule has 1 aliphatic rings. The normalized spacial score (nSPS) is 17.5. The van der Waals surface area contributed by atoms with Gasteiger partial charge in [-0.3, -0.25) is 29.6 Å². The zero-order valence-corrected chi connectivity index (χ0v) is 16.9. The highest BCUT2D eigenvalue weighted by molar-refractivity contribution is 6.52. The fourth-order valence-corrected chi connectivity index (χ4v) is 3.72. The first-order valence-electron chi connectivity index (χ1n) is 9.24. The lowest BCUT2D eigenvalue weighted by Crippen LogP contribution is -2.29. The number of aromatic nitrogens is 1. The third-order valence-electron chi connectivity index (χ3n) is 4.99. The number of aliphatic hydroxyl groups is 1. The van der Waals surface area contributed by atoms with Gasteiger partial charge in [0.15, 0.2) is 0 Å². The standard InChI is InChI=1S/C22H14ClN3O6/c23-14-4-5-17(27)16(11-14)25-19(12-6-8-24-9-7-12)18(21(29)22(25)30)20(28)13-2-1-3-15(10-13)26(31)32/h1-11,19,27-28H/b20-18-. The number of non-ortho nitro benzene ring substituents is 1. The molecule has 0 bridgehead atoms. The quantitative estimate of drug-likeness (QED) is 0.201. The number of anilines is 1. The van der Waals surface area contributed by atoms with Gasteiger partial charge in [-0.1, -0.05) is 23.7 Å². The van der Waals surface area contributed by atoms with E-state index < -0.39 is 28.4 Å². The van der Waals surface area contributed by atoms with Crippen molar-refractivity contribution in [2.24, 2.45) is 0 Å². The highest BCUT2D eigenvalue weighted by Crippen LogP contribution is 2.45. The number of halogens is 1. The van der Waals surface area contributed by atoms with Crippen molar-refractivity contribution in [3.63, 3.8) is 0 Å². The van der Waals surface area contributed by atoms with Crippen molar-refractivity contribution >= 4 is 40.4 Å². The van der Waals surface area contributed by atoms with Crippen LogP contribution < -0.4 is 4.90 Å². The number of phenolic OH excluding ortho intramolecular Hbond substituents is 1. The average Bonchev–Trinajstić information content (AvgIpc) is 3.06. The van der Waals surface area contributed by atoms with Gasteiger partial charge >= 0.3 is 0 Å². The largest absolute Gasteiger partial charge is 0.507 e. The predicted octanol–water partition coefficient (Wildman–Crippen LogP) is 3.98. The van der Waals surface area contributed by atoms with Crippen LogP contribution in [-0.4, -0.2) is 31.8 Å². The number of hydrogen-bond donors (Lipinski definition) is 2. The maximum atomic E-state index is 13.0. The molecular formula is C22H14ClN3O6. The van der Waals surface area contributed by atoms with Gasteiger partial charge in [-0.2, -0.15) is 0 Å². The maximum absolute atomic E-state index is 13.0. The van der Waals surface area contributed by atoms with E-state index >= 15 is 0 Å². The van der Waals surface area contributed by atoms with Crippen LogP contribution in [0, 0.1) is 10.1 Å². The van der Waals surface area contributed by atoms with Crippen LogP contribution in [0.3, 0.4) is 0 Å². The summed E-state index contributed by atoms with van der Waals surface area (Å²) in [5, 5.41) is 32.7. The van der Waals surface area contributed by atoms with Gasteiger partial charge < -0.3 is 10.2 Å². The van der Waals surface area contributed by atoms with Crippen molar-refractivity contribution < 1.29 is 24.7 Å². The number of carbonyl (C=O) groups excluding carboxylic acids is 2. The third-order valence-corrected chi connectivity index (χ3v) is 5.23. The number of nitrogens with zero attached hydrogens (tertiary/aromatic N) is 3. The number of Topliss-reactive ketones (excluding diaryl/α,β-unsaturated/α-hetero) is 1. The van der Waals surface area contributed by atoms with E-state index in [2.05, 4.69) is 4.98 Å². The van der Waals surface area contributed by atoms with Crippen LogP contribution in [0.15, 0.2) is 72.6 Å². The van der Waals surface area contributed by atoms with Gasteiger partial charge in [-0.25, -0.2) is 0 Å². The summed E-state index contributed by atoms with van der Waals surface area (Å²) in [6, 6.07) is 11.1. The number of ketones is 1. The molecule has 0 saturated carbocycles. The van der Waals surface area contributed by atoms with Crippen molar-refractivity contribution in [1.82, 2.24) is 4.98 Å². The number of pyridine rings is 1. The van der Waals surface area contributed by atoms with E-state index in [-0.39, 0.29) is 33.3 Å². The van der Waals surface area contributed by atoms with Crippen molar-refractivity contribution in [3.05, 3.63) is 98.8 Å². The molecule has 1 amide bonds. The number of aromatic hydroxyl groups is 1. The Kier molecular flexibility index (Phi) is 5.33. The van der Waals surface area contributed by atoms with Crippen LogP contribution >= 0.6 is 11.6 Å². The molecule has 32 heavy (non-hydrogen) atoms. The monoisotopic (exact) mass is 451 g/mol. The van der Waals surface area contributed by atoms with Crippen LogP contribution in [0.1, 0.15) is 17.2 Å². The second-order valence-electron chi connectivity index (χ2n) is 6.89. The van der Waals surface area contributed by atoms with Gasteiger partial charge in [0.1, 0.15) is 11.5 Å². The summed E-state index contributed by atoms with van der Waals surface area (Å²) in [7, 11) is 0. The van der Waals surface area contributed by atoms with Crippen molar-refractivity contribution in [2.45, 2.75) is 6.04 Å². The van der Waals surface area contributed by atoms with E-state index in [1.807, 2.05) is 0 Å². The number of amides is 1. The molecule has 1 aromatic heterocycles. The SMILES string of the molecule is O=C1C(=O)N(c2cc(Cl)ccc2O)C(c2ccncc2)/C1=C(/O)c1cccc([N+](=O)[O-])c1. The minimum atomic E-state index is -1.14. The minimum Gasteiger partial charge on any atom is -0.507 e. The number of aliphatic hydroxyl groups excluding tert-OH is 1. The van der Waals surface area contributed by atoms with E-state index in [1.165, 1.54) is 48.8 Å². The third kappa shape index (κ3) is 3.54. The number of rotatable bonds is 4. The van der Waals surface area contributed by atoms with Crippen molar-refractivity contribution in [2.75, 3.05) is 4.90 Å². The Balaban J connectivity index is 1.97. The minimum absolute atomic E-state index is 0.00780. The molecule has 0 radical (unpaired) electrons. The van der Waals surface area contributed by atoms with Crippen molar-refractivity contribution in [3.8, 4) is 5.75 Å². The zero-order valence-electron chi connectivity index (χ0n) is 16.2. The molecule has 10 heteroatoms. The summed E-state index contributed by atoms with van der Waals surface area (Å²) in [6.45, 7) is 0. The first-order chi connectivity index (χ1) is 15.3.